The number of carbonyl (C=O) groups excluding carboxylic acids is 2. The van der Waals surface area contributed by atoms with E-state index in [0.29, 0.717) is 34.3 Å². The molecular weight excluding hydrogens is 392 g/mol. The van der Waals surface area contributed by atoms with Crippen LogP contribution in [0.15, 0.2) is 48.2 Å². The van der Waals surface area contributed by atoms with Crippen molar-refractivity contribution in [3.63, 3.8) is 0 Å². The van der Waals surface area contributed by atoms with Gasteiger partial charge in [-0.3, -0.25) is 14.5 Å². The average molecular weight is 415 g/mol. The van der Waals surface area contributed by atoms with Gasteiger partial charge in [0.1, 0.15) is 17.2 Å². The fourth-order valence-electron chi connectivity index (χ4n) is 3.21. The number of nitrogens with one attached hydrogen (secondary N) is 1. The lowest BCUT2D eigenvalue weighted by Crippen LogP contribution is -2.35. The average Bonchev–Trinajstić information content (AvgIpc) is 2.92. The molecule has 7 heteroatoms. The van der Waals surface area contributed by atoms with Crippen LogP contribution in [0.5, 0.6) is 11.5 Å². The summed E-state index contributed by atoms with van der Waals surface area (Å²) in [6, 6.07) is 12.2. The highest BCUT2D eigenvalue weighted by molar-refractivity contribution is 6.37. The van der Waals surface area contributed by atoms with Crippen molar-refractivity contribution in [2.75, 3.05) is 26.1 Å². The fourth-order valence-corrected chi connectivity index (χ4v) is 3.47. The topological polar surface area (TPSA) is 67.9 Å². The van der Waals surface area contributed by atoms with Gasteiger partial charge in [0, 0.05) is 17.8 Å². The third-order valence-corrected chi connectivity index (χ3v) is 4.81. The van der Waals surface area contributed by atoms with Crippen molar-refractivity contribution < 1.29 is 19.1 Å². The van der Waals surface area contributed by atoms with Gasteiger partial charge in [0.2, 0.25) is 0 Å². The molecule has 2 aromatic rings. The molecule has 0 aliphatic carbocycles. The number of anilines is 1. The van der Waals surface area contributed by atoms with Crippen LogP contribution in [0, 0.1) is 5.92 Å². The highest BCUT2D eigenvalue weighted by Gasteiger charge is 2.40. The van der Waals surface area contributed by atoms with Crippen LogP contribution in [0.3, 0.4) is 0 Å². The van der Waals surface area contributed by atoms with Crippen molar-refractivity contribution >= 4 is 34.7 Å². The Kier molecular flexibility index (Phi) is 6.13. The predicted octanol–water partition coefficient (Wildman–Crippen LogP) is 4.21. The molecule has 0 saturated carbocycles. The molecule has 0 bridgehead atoms. The van der Waals surface area contributed by atoms with E-state index in [1.165, 1.54) is 19.1 Å². The molecule has 1 aliphatic heterocycles. The summed E-state index contributed by atoms with van der Waals surface area (Å²) in [5.74, 6) is 0.442. The molecule has 1 heterocycles. The van der Waals surface area contributed by atoms with Crippen molar-refractivity contribution in [1.82, 2.24) is 4.90 Å². The molecular formula is C22H23ClN2O4. The monoisotopic (exact) mass is 414 g/mol. The molecule has 0 saturated heterocycles. The number of halogens is 1. The molecule has 0 radical (unpaired) electrons. The summed E-state index contributed by atoms with van der Waals surface area (Å²) in [4.78, 5) is 27.6. The summed E-state index contributed by atoms with van der Waals surface area (Å²) in [5, 5.41) is 3.48. The number of ether oxygens (including phenoxy) is 2. The molecule has 29 heavy (non-hydrogen) atoms. The summed E-state index contributed by atoms with van der Waals surface area (Å²) in [5.41, 5.74) is 1.61. The molecule has 0 spiro atoms. The van der Waals surface area contributed by atoms with Crippen molar-refractivity contribution in [2.45, 2.75) is 13.8 Å². The number of benzene rings is 2. The summed E-state index contributed by atoms with van der Waals surface area (Å²) >= 11 is 6.22. The van der Waals surface area contributed by atoms with Gasteiger partial charge in [-0.2, -0.15) is 0 Å². The first-order valence-electron chi connectivity index (χ1n) is 9.21. The van der Waals surface area contributed by atoms with E-state index < -0.39 is 0 Å². The maximum absolute atomic E-state index is 13.2. The molecule has 3 rings (SSSR count). The minimum absolute atomic E-state index is 0.136. The Balaban J connectivity index is 2.10. The van der Waals surface area contributed by atoms with Gasteiger partial charge in [0.25, 0.3) is 11.8 Å². The lowest BCUT2D eigenvalue weighted by molar-refractivity contribution is -0.137. The Morgan fingerprint density at radius 1 is 1.00 bits per heavy atom. The molecule has 2 aromatic carbocycles. The van der Waals surface area contributed by atoms with Crippen molar-refractivity contribution in [2.24, 2.45) is 5.92 Å². The number of nitrogens with zero attached hydrogens (tertiary/aromatic N) is 1. The van der Waals surface area contributed by atoms with Crippen molar-refractivity contribution in [3.8, 4) is 11.5 Å². The van der Waals surface area contributed by atoms with Crippen LogP contribution in [-0.2, 0) is 9.59 Å². The zero-order valence-corrected chi connectivity index (χ0v) is 17.5. The second kappa shape index (κ2) is 8.57. The van der Waals surface area contributed by atoms with Crippen LogP contribution < -0.4 is 14.8 Å². The smallest absolute Gasteiger partial charge is 0.278 e. The van der Waals surface area contributed by atoms with Crippen LogP contribution in [-0.4, -0.2) is 37.5 Å². The number of hydrogen-bond donors (Lipinski definition) is 1. The summed E-state index contributed by atoms with van der Waals surface area (Å²) in [6.45, 7) is 4.24. The third-order valence-electron chi connectivity index (χ3n) is 4.51. The zero-order chi connectivity index (χ0) is 21.1. The van der Waals surface area contributed by atoms with Gasteiger partial charge in [-0.15, -0.1) is 0 Å². The quantitative estimate of drug-likeness (QED) is 0.687. The minimum atomic E-state index is -0.378. The van der Waals surface area contributed by atoms with E-state index in [4.69, 9.17) is 21.1 Å². The van der Waals surface area contributed by atoms with Gasteiger partial charge in [0.05, 0.1) is 24.8 Å². The second-order valence-electron chi connectivity index (χ2n) is 7.04. The largest absolute Gasteiger partial charge is 0.496 e. The highest BCUT2D eigenvalue weighted by atomic mass is 35.5. The molecule has 152 valence electrons. The fraction of sp³-hybridized carbons (Fsp3) is 0.273. The lowest BCUT2D eigenvalue weighted by Gasteiger charge is -2.17. The van der Waals surface area contributed by atoms with Gasteiger partial charge in [-0.05, 0) is 30.2 Å². The van der Waals surface area contributed by atoms with E-state index in [-0.39, 0.29) is 29.0 Å². The van der Waals surface area contributed by atoms with E-state index >= 15 is 0 Å². The molecule has 0 fully saturated rings. The zero-order valence-electron chi connectivity index (χ0n) is 16.8. The lowest BCUT2D eigenvalue weighted by atomic mass is 10.0. The molecule has 1 aliphatic rings. The standard InChI is InChI=1S/C22H23ClN2O4/c1-13(2)12-25-21(26)19(15-7-5-6-8-17(15)28-3)20(22(25)27)24-14-9-10-18(29-4)16(23)11-14/h5-11,13,24H,12H2,1-4H3. The van der Waals surface area contributed by atoms with Crippen LogP contribution in [0.25, 0.3) is 5.57 Å². The Morgan fingerprint density at radius 3 is 2.31 bits per heavy atom. The van der Waals surface area contributed by atoms with E-state index in [1.807, 2.05) is 19.9 Å². The minimum Gasteiger partial charge on any atom is -0.496 e. The van der Waals surface area contributed by atoms with Crippen molar-refractivity contribution in [1.29, 1.82) is 0 Å². The van der Waals surface area contributed by atoms with E-state index in [9.17, 15) is 9.59 Å². The van der Waals surface area contributed by atoms with Gasteiger partial charge in [-0.25, -0.2) is 0 Å². The van der Waals surface area contributed by atoms with E-state index in [1.54, 1.807) is 36.4 Å². The Bertz CT molecular complexity index is 985. The maximum Gasteiger partial charge on any atom is 0.278 e. The van der Waals surface area contributed by atoms with Gasteiger partial charge in [0.15, 0.2) is 0 Å². The molecule has 6 nitrogen and oxygen atoms in total. The van der Waals surface area contributed by atoms with Crippen LogP contribution in [0.4, 0.5) is 5.69 Å². The van der Waals surface area contributed by atoms with E-state index in [0.717, 1.165) is 0 Å². The van der Waals surface area contributed by atoms with Gasteiger partial charge in [-0.1, -0.05) is 43.6 Å². The van der Waals surface area contributed by atoms with Crippen LogP contribution in [0.2, 0.25) is 5.02 Å². The van der Waals surface area contributed by atoms with E-state index in [2.05, 4.69) is 5.32 Å². The van der Waals surface area contributed by atoms with Crippen LogP contribution >= 0.6 is 11.6 Å². The number of methoxy groups -OCH3 is 2. The Hall–Kier alpha value is -2.99. The highest BCUT2D eigenvalue weighted by Crippen LogP contribution is 2.36. The third kappa shape index (κ3) is 4.07. The number of amides is 2. The van der Waals surface area contributed by atoms with Crippen LogP contribution in [0.1, 0.15) is 19.4 Å². The Labute approximate surface area is 175 Å². The molecule has 0 aromatic heterocycles. The number of imide groups is 1. The maximum atomic E-state index is 13.2. The summed E-state index contributed by atoms with van der Waals surface area (Å²) in [6.07, 6.45) is 0. The Morgan fingerprint density at radius 2 is 1.69 bits per heavy atom. The molecule has 2 amide bonds. The second-order valence-corrected chi connectivity index (χ2v) is 7.45. The first kappa shape index (κ1) is 20.7. The summed E-state index contributed by atoms with van der Waals surface area (Å²) in [7, 11) is 3.06. The van der Waals surface area contributed by atoms with Gasteiger partial charge < -0.3 is 14.8 Å². The first-order valence-corrected chi connectivity index (χ1v) is 9.59. The van der Waals surface area contributed by atoms with Gasteiger partial charge >= 0.3 is 0 Å². The van der Waals surface area contributed by atoms with Crippen molar-refractivity contribution in [3.05, 3.63) is 58.7 Å². The summed E-state index contributed by atoms with van der Waals surface area (Å²) < 4.78 is 10.6. The number of carbonyl (C=O) groups is 2. The molecule has 1 N–H and O–H groups in total. The number of para-hydroxylation sites is 1. The predicted molar refractivity (Wildman–Crippen MR) is 113 cm³/mol. The molecule has 0 atom stereocenters. The number of rotatable bonds is 7. The SMILES string of the molecule is COc1ccc(NC2=C(c3ccccc3OC)C(=O)N(CC(C)C)C2=O)cc1Cl. The molecule has 0 unspecified atom stereocenters. The number of hydrogen-bond acceptors (Lipinski definition) is 5. The first-order chi connectivity index (χ1) is 13.9. The normalized spacial score (nSPS) is 14.1.